The summed E-state index contributed by atoms with van der Waals surface area (Å²) in [5.41, 5.74) is 0. The average molecular weight is 253 g/mol. The lowest BCUT2D eigenvalue weighted by Crippen LogP contribution is -2.33. The molecule has 0 rings (SSSR count). The van der Waals surface area contributed by atoms with Gasteiger partial charge in [-0.05, 0) is 13.8 Å². The molecule has 0 radical (unpaired) electrons. The van der Waals surface area contributed by atoms with Crippen molar-refractivity contribution in [3.05, 3.63) is 0 Å². The van der Waals surface area contributed by atoms with E-state index in [9.17, 15) is 9.59 Å². The van der Waals surface area contributed by atoms with Gasteiger partial charge in [-0.15, -0.1) is 0 Å². The number of carbonyl (C=O) groups excluding carboxylic acids is 2. The number of ketones is 1. The Bertz CT molecular complexity index is 181. The molecule has 0 aromatic heterocycles. The lowest BCUT2D eigenvalue weighted by Gasteiger charge is -2.12. The van der Waals surface area contributed by atoms with Crippen LogP contribution in [0.2, 0.25) is 0 Å². The van der Waals surface area contributed by atoms with Gasteiger partial charge in [-0.3, -0.25) is 4.79 Å². The van der Waals surface area contributed by atoms with E-state index in [1.54, 1.807) is 6.92 Å². The zero-order valence-electron chi connectivity index (χ0n) is 7.71. The fourth-order valence-electron chi connectivity index (χ4n) is 0.732. The molecule has 0 N–H and O–H groups in total. The van der Waals surface area contributed by atoms with E-state index < -0.39 is 12.1 Å². The van der Waals surface area contributed by atoms with Gasteiger partial charge in [0.15, 0.2) is 5.78 Å². The molecule has 4 nitrogen and oxygen atoms in total. The van der Waals surface area contributed by atoms with Crippen molar-refractivity contribution in [2.45, 2.75) is 20.0 Å². The van der Waals surface area contributed by atoms with Gasteiger partial charge in [0.25, 0.3) is 0 Å². The third-order valence-corrected chi connectivity index (χ3v) is 1.56. The van der Waals surface area contributed by atoms with Gasteiger partial charge in [0.1, 0.15) is 0 Å². The van der Waals surface area contributed by atoms with Crippen LogP contribution < -0.4 is 0 Å². The van der Waals surface area contributed by atoms with Gasteiger partial charge < -0.3 is 9.47 Å². The summed E-state index contributed by atoms with van der Waals surface area (Å²) in [6.45, 7) is 3.54. The van der Waals surface area contributed by atoms with E-state index in [1.807, 2.05) is 0 Å². The first-order valence-corrected chi connectivity index (χ1v) is 5.10. The Morgan fingerprint density at radius 1 is 1.46 bits per heavy atom. The second-order valence-corrected chi connectivity index (χ2v) is 3.10. The van der Waals surface area contributed by atoms with Gasteiger partial charge in [-0.25, -0.2) is 4.79 Å². The molecule has 0 aliphatic rings. The summed E-state index contributed by atoms with van der Waals surface area (Å²) in [7, 11) is 0. The summed E-state index contributed by atoms with van der Waals surface area (Å²) in [5, 5.41) is 0.580. The Morgan fingerprint density at radius 2 is 2.08 bits per heavy atom. The number of rotatable bonds is 6. The van der Waals surface area contributed by atoms with Crippen molar-refractivity contribution in [3.8, 4) is 0 Å². The van der Waals surface area contributed by atoms with E-state index in [0.717, 1.165) is 0 Å². The molecule has 0 saturated carbocycles. The minimum absolute atomic E-state index is 0.250. The number of hydrogen-bond donors (Lipinski definition) is 0. The van der Waals surface area contributed by atoms with E-state index in [0.29, 0.717) is 11.9 Å². The number of Topliss-reactive ketones (excluding diaryl/α,β-unsaturated/α-hetero) is 1. The van der Waals surface area contributed by atoms with Gasteiger partial charge in [-0.1, -0.05) is 15.9 Å². The lowest BCUT2D eigenvalue weighted by molar-refractivity contribution is -0.160. The minimum Gasteiger partial charge on any atom is -0.464 e. The second kappa shape index (κ2) is 7.03. The third kappa shape index (κ3) is 5.00. The molecule has 0 heterocycles. The van der Waals surface area contributed by atoms with Crippen LogP contribution in [0.25, 0.3) is 0 Å². The molecule has 0 aromatic carbocycles. The highest BCUT2D eigenvalue weighted by atomic mass is 79.9. The standard InChI is InChI=1S/C8H13BrO4/c1-3-12-8(11)7(6(2)10)13-5-4-9/h7H,3-5H2,1-2H3. The molecule has 0 aliphatic carbocycles. The van der Waals surface area contributed by atoms with Crippen LogP contribution in [0, 0.1) is 0 Å². The molecule has 0 aromatic rings. The number of carbonyl (C=O) groups is 2. The van der Waals surface area contributed by atoms with Crippen LogP contribution in [-0.2, 0) is 19.1 Å². The molecule has 0 fully saturated rings. The smallest absolute Gasteiger partial charge is 0.343 e. The average Bonchev–Trinajstić information content (AvgIpc) is 2.05. The van der Waals surface area contributed by atoms with E-state index in [4.69, 9.17) is 4.74 Å². The van der Waals surface area contributed by atoms with Crippen LogP contribution >= 0.6 is 15.9 Å². The first-order chi connectivity index (χ1) is 6.13. The quantitative estimate of drug-likeness (QED) is 0.401. The fraction of sp³-hybridized carbons (Fsp3) is 0.750. The van der Waals surface area contributed by atoms with E-state index >= 15 is 0 Å². The van der Waals surface area contributed by atoms with Gasteiger partial charge in [-0.2, -0.15) is 0 Å². The van der Waals surface area contributed by atoms with Crippen molar-refractivity contribution < 1.29 is 19.1 Å². The van der Waals surface area contributed by atoms with Crippen LogP contribution in [0.15, 0.2) is 0 Å². The minimum atomic E-state index is -1.07. The van der Waals surface area contributed by atoms with E-state index in [2.05, 4.69) is 20.7 Å². The van der Waals surface area contributed by atoms with Crippen molar-refractivity contribution in [2.24, 2.45) is 0 Å². The Balaban J connectivity index is 4.07. The van der Waals surface area contributed by atoms with E-state index in [-0.39, 0.29) is 12.4 Å². The van der Waals surface area contributed by atoms with E-state index in [1.165, 1.54) is 6.92 Å². The number of hydrogen-bond acceptors (Lipinski definition) is 4. The number of halogens is 1. The van der Waals surface area contributed by atoms with Crippen LogP contribution in [0.1, 0.15) is 13.8 Å². The summed E-state index contributed by atoms with van der Waals surface area (Å²) >= 11 is 3.13. The normalized spacial score (nSPS) is 12.2. The molecular weight excluding hydrogens is 240 g/mol. The molecule has 0 saturated heterocycles. The lowest BCUT2D eigenvalue weighted by atomic mass is 10.2. The zero-order valence-corrected chi connectivity index (χ0v) is 9.30. The first-order valence-electron chi connectivity index (χ1n) is 3.98. The Morgan fingerprint density at radius 3 is 2.46 bits per heavy atom. The molecule has 1 atom stereocenters. The summed E-state index contributed by atoms with van der Waals surface area (Å²) in [6.07, 6.45) is -1.07. The zero-order chi connectivity index (χ0) is 10.3. The number of esters is 1. The number of ether oxygens (including phenoxy) is 2. The van der Waals surface area contributed by atoms with Gasteiger partial charge in [0.2, 0.25) is 6.10 Å². The predicted molar refractivity (Wildman–Crippen MR) is 50.8 cm³/mol. The van der Waals surface area contributed by atoms with Crippen molar-refractivity contribution in [2.75, 3.05) is 18.5 Å². The second-order valence-electron chi connectivity index (χ2n) is 2.30. The van der Waals surface area contributed by atoms with Gasteiger partial charge in [0, 0.05) is 5.33 Å². The highest BCUT2D eigenvalue weighted by Gasteiger charge is 2.24. The van der Waals surface area contributed by atoms with Crippen LogP contribution in [-0.4, -0.2) is 36.4 Å². The van der Waals surface area contributed by atoms with Crippen molar-refractivity contribution >= 4 is 27.7 Å². The molecule has 1 unspecified atom stereocenters. The maximum Gasteiger partial charge on any atom is 0.343 e. The summed E-state index contributed by atoms with van der Waals surface area (Å²) in [5.74, 6) is -0.949. The van der Waals surface area contributed by atoms with Crippen LogP contribution in [0.4, 0.5) is 0 Å². The first kappa shape index (κ1) is 12.6. The van der Waals surface area contributed by atoms with Gasteiger partial charge in [0.05, 0.1) is 13.2 Å². The van der Waals surface area contributed by atoms with Crippen LogP contribution in [0.5, 0.6) is 0 Å². The summed E-state index contributed by atoms with van der Waals surface area (Å²) in [6, 6.07) is 0. The van der Waals surface area contributed by atoms with Gasteiger partial charge >= 0.3 is 5.97 Å². The number of alkyl halides is 1. The summed E-state index contributed by atoms with van der Waals surface area (Å²) < 4.78 is 9.66. The molecule has 0 aliphatic heterocycles. The Hall–Kier alpha value is -0.420. The maximum atomic E-state index is 11.1. The molecule has 76 valence electrons. The van der Waals surface area contributed by atoms with Crippen molar-refractivity contribution in [1.82, 2.24) is 0 Å². The fourth-order valence-corrected chi connectivity index (χ4v) is 0.919. The molecule has 5 heteroatoms. The Kier molecular flexibility index (Phi) is 6.80. The van der Waals surface area contributed by atoms with Crippen molar-refractivity contribution in [1.29, 1.82) is 0 Å². The molecular formula is C8H13BrO4. The van der Waals surface area contributed by atoms with Crippen molar-refractivity contribution in [3.63, 3.8) is 0 Å². The monoisotopic (exact) mass is 252 g/mol. The maximum absolute atomic E-state index is 11.1. The highest BCUT2D eigenvalue weighted by Crippen LogP contribution is 1.98. The summed E-state index contributed by atoms with van der Waals surface area (Å²) in [4.78, 5) is 22.0. The molecule has 13 heavy (non-hydrogen) atoms. The SMILES string of the molecule is CCOC(=O)C(OCCBr)C(C)=O. The largest absolute Gasteiger partial charge is 0.464 e. The third-order valence-electron chi connectivity index (χ3n) is 1.23. The molecule has 0 bridgehead atoms. The highest BCUT2D eigenvalue weighted by molar-refractivity contribution is 9.09. The Labute approximate surface area is 85.7 Å². The predicted octanol–water partition coefficient (Wildman–Crippen LogP) is 0.919. The molecule has 0 spiro atoms. The molecule has 0 amide bonds. The topological polar surface area (TPSA) is 52.6 Å². The van der Waals surface area contributed by atoms with Crippen LogP contribution in [0.3, 0.4) is 0 Å².